The number of nitrogens with zero attached hydrogens (tertiary/aromatic N) is 1. The summed E-state index contributed by atoms with van der Waals surface area (Å²) in [5.74, 6) is -0.363. The Morgan fingerprint density at radius 3 is 2.18 bits per heavy atom. The minimum Gasteiger partial charge on any atom is -0.453 e. The number of allylic oxidation sites excluding steroid dienone is 2. The summed E-state index contributed by atoms with van der Waals surface area (Å²) in [6, 6.07) is 6.09. The maximum atomic E-state index is 13.5. The van der Waals surface area contributed by atoms with E-state index in [0.29, 0.717) is 29.6 Å². The molecule has 1 heterocycles. The monoisotopic (exact) mass is 467 g/mol. The second-order valence-electron chi connectivity index (χ2n) is 9.81. The number of ether oxygens (including phenoxy) is 1. The number of esters is 1. The Bertz CT molecular complexity index is 998. The fourth-order valence-corrected chi connectivity index (χ4v) is 6.59. The highest BCUT2D eigenvalue weighted by molar-refractivity contribution is 7.98. The predicted octanol–water partition coefficient (Wildman–Crippen LogP) is 3.28. The van der Waals surface area contributed by atoms with Crippen LogP contribution in [-0.4, -0.2) is 52.6 Å². The third-order valence-corrected chi connectivity index (χ3v) is 8.52. The standard InChI is InChI=1S/C26H29NO5S/c1-13-4-6-15(7-5-13)23(28)14(2)32-26(31)20(10-11-33-3)27-24(29)21-16-8-9-17(19-12-18(16)19)22(21)25(27)30/h4-9,14,16-22H,10-12H2,1-3H3/t14-,16+,17+,18+,19+,20-,21-,22-/m1/s1. The van der Waals surface area contributed by atoms with Crippen LogP contribution in [0.25, 0.3) is 0 Å². The molecule has 3 fully saturated rings. The highest BCUT2D eigenvalue weighted by atomic mass is 32.2. The Kier molecular flexibility index (Phi) is 5.71. The smallest absolute Gasteiger partial charge is 0.330 e. The maximum Gasteiger partial charge on any atom is 0.330 e. The van der Waals surface area contributed by atoms with E-state index < -0.39 is 18.1 Å². The average molecular weight is 468 g/mol. The zero-order valence-corrected chi connectivity index (χ0v) is 19.9. The third kappa shape index (κ3) is 3.65. The first-order chi connectivity index (χ1) is 15.8. The lowest BCUT2D eigenvalue weighted by Crippen LogP contribution is -2.48. The van der Waals surface area contributed by atoms with Gasteiger partial charge in [0.15, 0.2) is 6.10 Å². The molecule has 6 nitrogen and oxygen atoms in total. The molecule has 2 saturated carbocycles. The number of amides is 2. The Morgan fingerprint density at radius 2 is 1.64 bits per heavy atom. The molecule has 174 valence electrons. The number of aryl methyl sites for hydroxylation is 1. The molecule has 2 amide bonds. The number of benzene rings is 1. The molecule has 4 aliphatic carbocycles. The van der Waals surface area contributed by atoms with Gasteiger partial charge in [-0.15, -0.1) is 0 Å². The van der Waals surface area contributed by atoms with Crippen molar-refractivity contribution in [2.75, 3.05) is 12.0 Å². The topological polar surface area (TPSA) is 80.8 Å². The summed E-state index contributed by atoms with van der Waals surface area (Å²) in [6.45, 7) is 3.47. The van der Waals surface area contributed by atoms with Crippen molar-refractivity contribution in [1.82, 2.24) is 4.90 Å². The van der Waals surface area contributed by atoms with Crippen LogP contribution in [0.3, 0.4) is 0 Å². The number of rotatable bonds is 8. The number of imide groups is 1. The van der Waals surface area contributed by atoms with Crippen molar-refractivity contribution in [2.45, 2.75) is 38.8 Å². The lowest BCUT2D eigenvalue weighted by atomic mass is 9.63. The molecule has 0 N–H and O–H groups in total. The maximum absolute atomic E-state index is 13.5. The Morgan fingerprint density at radius 1 is 1.06 bits per heavy atom. The van der Waals surface area contributed by atoms with Gasteiger partial charge in [-0.25, -0.2) is 4.79 Å². The van der Waals surface area contributed by atoms with Crippen molar-refractivity contribution < 1.29 is 23.9 Å². The van der Waals surface area contributed by atoms with Gasteiger partial charge in [-0.2, -0.15) is 11.8 Å². The zero-order chi connectivity index (χ0) is 23.4. The number of likely N-dealkylation sites (tertiary alicyclic amines) is 1. The Labute approximate surface area is 198 Å². The van der Waals surface area contributed by atoms with Crippen molar-refractivity contribution in [3.8, 4) is 0 Å². The number of hydrogen-bond donors (Lipinski definition) is 0. The van der Waals surface area contributed by atoms with Crippen LogP contribution in [0.5, 0.6) is 0 Å². The van der Waals surface area contributed by atoms with Crippen LogP contribution in [0.1, 0.15) is 35.7 Å². The van der Waals surface area contributed by atoms with E-state index in [1.807, 2.05) is 25.3 Å². The first-order valence-corrected chi connectivity index (χ1v) is 13.1. The first-order valence-electron chi connectivity index (χ1n) is 11.7. The molecule has 1 aromatic carbocycles. The molecular formula is C26H29NO5S. The van der Waals surface area contributed by atoms with Gasteiger partial charge >= 0.3 is 5.97 Å². The molecule has 1 aromatic rings. The van der Waals surface area contributed by atoms with E-state index in [9.17, 15) is 19.2 Å². The summed E-state index contributed by atoms with van der Waals surface area (Å²) in [6.07, 6.45) is 6.55. The number of ketones is 1. The van der Waals surface area contributed by atoms with Gasteiger partial charge in [0.25, 0.3) is 0 Å². The second-order valence-corrected chi connectivity index (χ2v) is 10.8. The lowest BCUT2D eigenvalue weighted by Gasteiger charge is -2.37. The van der Waals surface area contributed by atoms with Crippen LogP contribution in [0.2, 0.25) is 0 Å². The molecule has 0 unspecified atom stereocenters. The van der Waals surface area contributed by atoms with Crippen molar-refractivity contribution >= 4 is 35.3 Å². The summed E-state index contributed by atoms with van der Waals surface area (Å²) in [4.78, 5) is 54.2. The molecule has 7 heteroatoms. The van der Waals surface area contributed by atoms with Crippen LogP contribution in [0, 0.1) is 42.4 Å². The van der Waals surface area contributed by atoms with Crippen LogP contribution in [0.15, 0.2) is 36.4 Å². The molecular weight excluding hydrogens is 438 g/mol. The minimum atomic E-state index is -1.00. The molecule has 0 radical (unpaired) electrons. The summed E-state index contributed by atoms with van der Waals surface area (Å²) in [5.41, 5.74) is 1.49. The summed E-state index contributed by atoms with van der Waals surface area (Å²) in [7, 11) is 0. The van der Waals surface area contributed by atoms with Crippen molar-refractivity contribution in [1.29, 1.82) is 0 Å². The van der Waals surface area contributed by atoms with E-state index in [4.69, 9.17) is 4.74 Å². The first kappa shape index (κ1) is 22.4. The molecule has 8 atom stereocenters. The van der Waals surface area contributed by atoms with Crippen LogP contribution < -0.4 is 0 Å². The fraction of sp³-hybridized carbons (Fsp3) is 0.538. The normalized spacial score (nSPS) is 32.9. The van der Waals surface area contributed by atoms with Crippen LogP contribution in [-0.2, 0) is 19.1 Å². The molecule has 2 bridgehead atoms. The molecule has 33 heavy (non-hydrogen) atoms. The van der Waals surface area contributed by atoms with E-state index in [2.05, 4.69) is 12.2 Å². The van der Waals surface area contributed by atoms with Gasteiger partial charge in [0.1, 0.15) is 6.04 Å². The van der Waals surface area contributed by atoms with Gasteiger partial charge in [0.2, 0.25) is 17.6 Å². The number of hydrogen-bond acceptors (Lipinski definition) is 6. The molecule has 1 aliphatic heterocycles. The Hall–Kier alpha value is -2.41. The van der Waals surface area contributed by atoms with Gasteiger partial charge in [0, 0.05) is 5.56 Å². The third-order valence-electron chi connectivity index (χ3n) is 7.87. The number of thioether (sulfide) groups is 1. The Balaban J connectivity index is 1.35. The quantitative estimate of drug-likeness (QED) is 0.253. The number of Topliss-reactive ketones (excluding diaryl/α,β-unsaturated/α-hetero) is 1. The highest BCUT2D eigenvalue weighted by Gasteiger charge is 2.68. The zero-order valence-electron chi connectivity index (χ0n) is 19.1. The van der Waals surface area contributed by atoms with Gasteiger partial charge in [-0.1, -0.05) is 42.0 Å². The van der Waals surface area contributed by atoms with E-state index in [0.717, 1.165) is 12.0 Å². The molecule has 0 aromatic heterocycles. The lowest BCUT2D eigenvalue weighted by molar-refractivity contribution is -0.160. The summed E-state index contributed by atoms with van der Waals surface area (Å²) >= 11 is 1.54. The van der Waals surface area contributed by atoms with E-state index in [1.54, 1.807) is 23.9 Å². The van der Waals surface area contributed by atoms with Crippen molar-refractivity contribution in [3.05, 3.63) is 47.5 Å². The second kappa shape index (κ2) is 8.42. The van der Waals surface area contributed by atoms with Crippen molar-refractivity contribution in [2.24, 2.45) is 35.5 Å². The number of carbonyl (C=O) groups is 4. The summed E-state index contributed by atoms with van der Waals surface area (Å²) < 4.78 is 5.56. The van der Waals surface area contributed by atoms with E-state index >= 15 is 0 Å². The van der Waals surface area contributed by atoms with Crippen LogP contribution >= 0.6 is 11.8 Å². The predicted molar refractivity (Wildman–Crippen MR) is 124 cm³/mol. The molecule has 0 spiro atoms. The number of carbonyl (C=O) groups excluding carboxylic acids is 4. The largest absolute Gasteiger partial charge is 0.453 e. The van der Waals surface area contributed by atoms with Gasteiger partial charge in [-0.3, -0.25) is 19.3 Å². The van der Waals surface area contributed by atoms with Gasteiger partial charge in [-0.05, 0) is 62.4 Å². The van der Waals surface area contributed by atoms with Crippen LogP contribution in [0.4, 0.5) is 0 Å². The summed E-state index contributed by atoms with van der Waals surface area (Å²) in [5, 5.41) is 0. The molecule has 5 aliphatic rings. The molecule has 1 saturated heterocycles. The minimum absolute atomic E-state index is 0.103. The van der Waals surface area contributed by atoms with Gasteiger partial charge in [0.05, 0.1) is 11.8 Å². The highest BCUT2D eigenvalue weighted by Crippen LogP contribution is 2.65. The van der Waals surface area contributed by atoms with E-state index in [1.165, 1.54) is 11.8 Å². The SMILES string of the molecule is CSCC[C@H](C(=O)O[C@H](C)C(=O)c1ccc(C)cc1)N1C(=O)[C@@H]2[C@H]3C=C[C@@H]([C@@H]4C[C@@H]34)[C@H]2C1=O. The fourth-order valence-electron chi connectivity index (χ4n) is 6.13. The van der Waals surface area contributed by atoms with Gasteiger partial charge < -0.3 is 4.74 Å². The van der Waals surface area contributed by atoms with Crippen molar-refractivity contribution in [3.63, 3.8) is 0 Å². The van der Waals surface area contributed by atoms with E-state index in [-0.39, 0.29) is 41.3 Å². The molecule has 6 rings (SSSR count). The average Bonchev–Trinajstić information content (AvgIpc) is 3.59.